The molecular formula is C16H18N2O3. The van der Waals surface area contributed by atoms with Crippen LogP contribution in [0.2, 0.25) is 0 Å². The normalized spacial score (nSPS) is 17.3. The molecule has 1 fully saturated rings. The third-order valence-corrected chi connectivity index (χ3v) is 3.33. The maximum atomic E-state index is 12.2. The predicted octanol–water partition coefficient (Wildman–Crippen LogP) is 0.381. The van der Waals surface area contributed by atoms with Crippen molar-refractivity contribution in [3.05, 3.63) is 35.4 Å². The van der Waals surface area contributed by atoms with Crippen molar-refractivity contribution in [2.45, 2.75) is 18.9 Å². The second-order valence-electron chi connectivity index (χ2n) is 4.93. The lowest BCUT2D eigenvalue weighted by Crippen LogP contribution is -2.40. The molecule has 1 atom stereocenters. The van der Waals surface area contributed by atoms with Gasteiger partial charge in [0.15, 0.2) is 0 Å². The number of aliphatic hydroxyl groups excluding tert-OH is 1. The maximum absolute atomic E-state index is 12.2. The molecule has 0 spiro atoms. The molecule has 1 saturated heterocycles. The Hall–Kier alpha value is -2.32. The summed E-state index contributed by atoms with van der Waals surface area (Å²) in [5.41, 5.74) is 1.19. The summed E-state index contributed by atoms with van der Waals surface area (Å²) in [5, 5.41) is 11.4. The third kappa shape index (κ3) is 3.83. The van der Waals surface area contributed by atoms with E-state index >= 15 is 0 Å². The van der Waals surface area contributed by atoms with E-state index in [0.717, 1.165) is 0 Å². The molecule has 0 aliphatic carbocycles. The Morgan fingerprint density at radius 2 is 2.33 bits per heavy atom. The van der Waals surface area contributed by atoms with Gasteiger partial charge < -0.3 is 15.3 Å². The first-order valence-electron chi connectivity index (χ1n) is 6.87. The lowest BCUT2D eigenvalue weighted by Gasteiger charge is -2.12. The number of hydrogen-bond acceptors (Lipinski definition) is 3. The molecule has 0 radical (unpaired) electrons. The zero-order valence-electron chi connectivity index (χ0n) is 11.9. The van der Waals surface area contributed by atoms with Gasteiger partial charge in [-0.05, 0) is 24.6 Å². The fourth-order valence-electron chi connectivity index (χ4n) is 2.16. The largest absolute Gasteiger partial charge is 0.395 e. The Kier molecular flexibility index (Phi) is 4.96. The van der Waals surface area contributed by atoms with Gasteiger partial charge >= 0.3 is 0 Å². The maximum Gasteiger partial charge on any atom is 0.251 e. The molecule has 2 amide bonds. The number of benzene rings is 1. The van der Waals surface area contributed by atoms with Crippen LogP contribution in [0.3, 0.4) is 0 Å². The molecule has 0 saturated carbocycles. The molecule has 1 aromatic rings. The molecule has 1 aliphatic rings. The molecule has 21 heavy (non-hydrogen) atoms. The van der Waals surface area contributed by atoms with Crippen LogP contribution in [0.4, 0.5) is 0 Å². The van der Waals surface area contributed by atoms with Crippen molar-refractivity contribution >= 4 is 11.8 Å². The number of carbonyl (C=O) groups excluding carboxylic acids is 2. The highest BCUT2D eigenvalue weighted by molar-refractivity contribution is 5.98. The van der Waals surface area contributed by atoms with E-state index in [4.69, 9.17) is 5.11 Å². The van der Waals surface area contributed by atoms with Crippen molar-refractivity contribution in [3.63, 3.8) is 0 Å². The van der Waals surface area contributed by atoms with Gasteiger partial charge in [0.2, 0.25) is 5.91 Å². The first-order chi connectivity index (χ1) is 10.1. The Morgan fingerprint density at radius 1 is 1.52 bits per heavy atom. The number of rotatable bonds is 3. The van der Waals surface area contributed by atoms with E-state index in [2.05, 4.69) is 17.2 Å². The van der Waals surface area contributed by atoms with Crippen LogP contribution in [0, 0.1) is 11.8 Å². The number of likely N-dealkylation sites (N-methyl/N-ethyl adjacent to an activating group) is 1. The van der Waals surface area contributed by atoms with Gasteiger partial charge in [0.1, 0.15) is 6.04 Å². The molecule has 5 heteroatoms. The summed E-state index contributed by atoms with van der Waals surface area (Å²) in [5.74, 6) is 5.37. The fraction of sp³-hybridized carbons (Fsp3) is 0.375. The van der Waals surface area contributed by atoms with E-state index < -0.39 is 6.04 Å². The highest BCUT2D eigenvalue weighted by Crippen LogP contribution is 2.10. The van der Waals surface area contributed by atoms with Crippen molar-refractivity contribution in [2.24, 2.45) is 0 Å². The summed E-state index contributed by atoms with van der Waals surface area (Å²) in [7, 11) is 1.73. The molecule has 2 N–H and O–H groups in total. The standard InChI is InChI=1S/C16H18N2O3/c1-18-9-8-14(16(18)21)17-15(20)13-7-4-6-12(11-13)5-2-3-10-19/h4,6-7,11,14,19H,3,8-10H2,1H3,(H,17,20). The zero-order chi connectivity index (χ0) is 15.2. The van der Waals surface area contributed by atoms with Gasteiger partial charge in [0.25, 0.3) is 5.91 Å². The minimum absolute atomic E-state index is 0.0183. The van der Waals surface area contributed by atoms with Crippen LogP contribution in [0.15, 0.2) is 24.3 Å². The van der Waals surface area contributed by atoms with Gasteiger partial charge in [-0.2, -0.15) is 0 Å². The van der Waals surface area contributed by atoms with Gasteiger partial charge in [-0.3, -0.25) is 9.59 Å². The van der Waals surface area contributed by atoms with Crippen molar-refractivity contribution in [1.29, 1.82) is 0 Å². The molecule has 0 bridgehead atoms. The number of aliphatic hydroxyl groups is 1. The minimum Gasteiger partial charge on any atom is -0.395 e. The quantitative estimate of drug-likeness (QED) is 0.789. The van der Waals surface area contributed by atoms with Crippen LogP contribution >= 0.6 is 0 Å². The predicted molar refractivity (Wildman–Crippen MR) is 78.5 cm³/mol. The number of amides is 2. The van der Waals surface area contributed by atoms with Crippen molar-refractivity contribution in [3.8, 4) is 11.8 Å². The second-order valence-corrected chi connectivity index (χ2v) is 4.93. The van der Waals surface area contributed by atoms with Crippen LogP contribution in [-0.2, 0) is 4.79 Å². The van der Waals surface area contributed by atoms with E-state index in [1.54, 1.807) is 36.2 Å². The first-order valence-corrected chi connectivity index (χ1v) is 6.87. The van der Waals surface area contributed by atoms with E-state index in [1.165, 1.54) is 0 Å². The van der Waals surface area contributed by atoms with Crippen LogP contribution in [0.1, 0.15) is 28.8 Å². The van der Waals surface area contributed by atoms with Gasteiger partial charge in [0.05, 0.1) is 6.61 Å². The summed E-state index contributed by atoms with van der Waals surface area (Å²) in [4.78, 5) is 25.6. The molecule has 110 valence electrons. The van der Waals surface area contributed by atoms with Gasteiger partial charge in [0, 0.05) is 31.1 Å². The average molecular weight is 286 g/mol. The van der Waals surface area contributed by atoms with E-state index in [1.807, 2.05) is 0 Å². The van der Waals surface area contributed by atoms with Crippen LogP contribution in [0.25, 0.3) is 0 Å². The number of likely N-dealkylation sites (tertiary alicyclic amines) is 1. The monoisotopic (exact) mass is 286 g/mol. The summed E-state index contributed by atoms with van der Waals surface area (Å²) < 4.78 is 0. The Labute approximate surface area is 124 Å². The van der Waals surface area contributed by atoms with Crippen LogP contribution < -0.4 is 5.32 Å². The smallest absolute Gasteiger partial charge is 0.251 e. The summed E-state index contributed by atoms with van der Waals surface area (Å²) in [6, 6.07) is 6.49. The average Bonchev–Trinajstić information content (AvgIpc) is 2.80. The lowest BCUT2D eigenvalue weighted by molar-refractivity contribution is -0.128. The molecule has 0 aromatic heterocycles. The zero-order valence-corrected chi connectivity index (χ0v) is 11.9. The van der Waals surface area contributed by atoms with Crippen molar-refractivity contribution in [2.75, 3.05) is 20.2 Å². The highest BCUT2D eigenvalue weighted by atomic mass is 16.2. The summed E-state index contributed by atoms with van der Waals surface area (Å²) in [6.07, 6.45) is 1.04. The Bertz CT molecular complexity index is 601. The van der Waals surface area contributed by atoms with Gasteiger partial charge in [-0.1, -0.05) is 17.9 Å². The van der Waals surface area contributed by atoms with Crippen LogP contribution in [-0.4, -0.2) is 48.1 Å². The Balaban J connectivity index is 2.05. The van der Waals surface area contributed by atoms with Crippen molar-refractivity contribution < 1.29 is 14.7 Å². The fourth-order valence-corrected chi connectivity index (χ4v) is 2.16. The molecule has 5 nitrogen and oxygen atoms in total. The number of nitrogens with one attached hydrogen (secondary N) is 1. The Morgan fingerprint density at radius 3 is 3.00 bits per heavy atom. The van der Waals surface area contributed by atoms with E-state index in [-0.39, 0.29) is 18.4 Å². The van der Waals surface area contributed by atoms with Crippen LogP contribution in [0.5, 0.6) is 0 Å². The second kappa shape index (κ2) is 6.91. The minimum atomic E-state index is -0.438. The topological polar surface area (TPSA) is 69.6 Å². The molecular weight excluding hydrogens is 268 g/mol. The van der Waals surface area contributed by atoms with E-state index in [0.29, 0.717) is 30.5 Å². The molecule has 2 rings (SSSR count). The van der Waals surface area contributed by atoms with Gasteiger partial charge in [-0.25, -0.2) is 0 Å². The first kappa shape index (κ1) is 15.1. The molecule has 1 unspecified atom stereocenters. The number of hydrogen-bond donors (Lipinski definition) is 2. The lowest BCUT2D eigenvalue weighted by atomic mass is 10.1. The van der Waals surface area contributed by atoms with Crippen molar-refractivity contribution in [1.82, 2.24) is 10.2 Å². The third-order valence-electron chi connectivity index (χ3n) is 3.33. The van der Waals surface area contributed by atoms with E-state index in [9.17, 15) is 9.59 Å². The summed E-state index contributed by atoms with van der Waals surface area (Å²) in [6.45, 7) is 0.681. The van der Waals surface area contributed by atoms with Gasteiger partial charge in [-0.15, -0.1) is 0 Å². The SMILES string of the molecule is CN1CCC(NC(=O)c2cccc(C#CCCO)c2)C1=O. The molecule has 1 aromatic carbocycles. The molecule has 1 aliphatic heterocycles. The number of carbonyl (C=O) groups is 2. The highest BCUT2D eigenvalue weighted by Gasteiger charge is 2.30. The molecule has 1 heterocycles. The summed E-state index contributed by atoms with van der Waals surface area (Å²) >= 11 is 0. The number of nitrogens with zero attached hydrogens (tertiary/aromatic N) is 1.